The molecule has 0 saturated carbocycles. The minimum atomic E-state index is -2.55. The maximum atomic E-state index is 12.6. The van der Waals surface area contributed by atoms with E-state index in [4.69, 9.17) is 56.9 Å². The number of rotatable bonds is 14. The Kier molecular flexibility index (Phi) is 12.4. The van der Waals surface area contributed by atoms with Crippen LogP contribution in [0.4, 0.5) is 0 Å². The number of ether oxygens (including phenoxy) is 5. The van der Waals surface area contributed by atoms with Gasteiger partial charge in [0.05, 0.1) is 33.5 Å². The van der Waals surface area contributed by atoms with E-state index in [0.717, 1.165) is 25.7 Å². The van der Waals surface area contributed by atoms with Crippen molar-refractivity contribution in [1.29, 1.82) is 0 Å². The number of carbonyl (C=O) groups is 2. The van der Waals surface area contributed by atoms with E-state index in [-0.39, 0.29) is 11.3 Å². The first-order chi connectivity index (χ1) is 17.2. The smallest absolute Gasteiger partial charge is 0.343 e. The van der Waals surface area contributed by atoms with Crippen LogP contribution in [0.15, 0.2) is 42.5 Å². The molecule has 0 bridgehead atoms. The van der Waals surface area contributed by atoms with Crippen LogP contribution in [0.3, 0.4) is 0 Å². The van der Waals surface area contributed by atoms with Crippen LogP contribution < -0.4 is 18.9 Å². The molecule has 7 nitrogen and oxygen atoms in total. The number of halogens is 3. The first-order valence-electron chi connectivity index (χ1n) is 11.2. The highest BCUT2D eigenvalue weighted by Crippen LogP contribution is 2.31. The molecule has 0 heterocycles. The summed E-state index contributed by atoms with van der Waals surface area (Å²) in [6, 6.07) is 7.74. The number of carbonyl (C=O) groups excluding carboxylic acids is 2. The van der Waals surface area contributed by atoms with Crippen LogP contribution in [-0.4, -0.2) is 45.9 Å². The summed E-state index contributed by atoms with van der Waals surface area (Å²) in [4.78, 5) is 24.6. The minimum absolute atomic E-state index is 0.231. The number of unbranched alkanes of at least 4 members (excludes halogenated alkanes) is 3. The Labute approximate surface area is 226 Å². The van der Waals surface area contributed by atoms with Crippen molar-refractivity contribution in [3.63, 3.8) is 0 Å². The topological polar surface area (TPSA) is 80.3 Å². The summed E-state index contributed by atoms with van der Waals surface area (Å²) in [5.74, 6) is 0.432. The first-order valence-corrected chi connectivity index (χ1v) is 16.4. The van der Waals surface area contributed by atoms with Gasteiger partial charge in [-0.15, -0.1) is 33.2 Å². The highest BCUT2D eigenvalue weighted by molar-refractivity contribution is 7.64. The van der Waals surface area contributed by atoms with Gasteiger partial charge >= 0.3 is 17.9 Å². The largest absolute Gasteiger partial charge is 0.493 e. The van der Waals surface area contributed by atoms with Gasteiger partial charge in [0.1, 0.15) is 0 Å². The van der Waals surface area contributed by atoms with E-state index in [1.54, 1.807) is 36.4 Å². The molecule has 0 aliphatic heterocycles. The van der Waals surface area contributed by atoms with Gasteiger partial charge in [-0.2, -0.15) is 0 Å². The monoisotopic (exact) mass is 574 g/mol. The highest BCUT2D eigenvalue weighted by atomic mass is 35.8. The quantitative estimate of drug-likeness (QED) is 0.0619. The van der Waals surface area contributed by atoms with Crippen LogP contribution in [0.2, 0.25) is 6.04 Å². The van der Waals surface area contributed by atoms with E-state index in [1.165, 1.54) is 33.5 Å². The van der Waals surface area contributed by atoms with E-state index in [2.05, 4.69) is 0 Å². The molecule has 0 fully saturated rings. The van der Waals surface area contributed by atoms with E-state index in [9.17, 15) is 9.59 Å². The van der Waals surface area contributed by atoms with Crippen molar-refractivity contribution >= 4 is 57.3 Å². The molecule has 11 heteroatoms. The summed E-state index contributed by atoms with van der Waals surface area (Å²) in [5.41, 5.74) is 0.958. The lowest BCUT2D eigenvalue weighted by Gasteiger charge is -2.12. The maximum Gasteiger partial charge on any atom is 0.343 e. The Bertz CT molecular complexity index is 1050. The van der Waals surface area contributed by atoms with Crippen molar-refractivity contribution < 1.29 is 33.3 Å². The van der Waals surface area contributed by atoms with Crippen LogP contribution in [0.5, 0.6) is 23.0 Å². The van der Waals surface area contributed by atoms with Crippen LogP contribution in [0, 0.1) is 0 Å². The Morgan fingerprint density at radius 2 is 1.44 bits per heavy atom. The second-order valence-electron chi connectivity index (χ2n) is 7.65. The molecule has 0 radical (unpaired) electrons. The van der Waals surface area contributed by atoms with E-state index >= 15 is 0 Å². The standard InChI is InChI=1S/C25H29Cl3O7Si/c1-31-20-12-10-19(17-23(20)33-3)25(30)35-21-11-8-18(16-22(21)32-2)9-13-24(29)34-14-6-4-5-7-15-36(26,27)28/h8-13,16-17H,4-7,14-15H2,1-3H3/b13-9+. The summed E-state index contributed by atoms with van der Waals surface area (Å²) < 4.78 is 26.5. The molecule has 0 unspecified atom stereocenters. The summed E-state index contributed by atoms with van der Waals surface area (Å²) in [6.45, 7) is 0.322. The summed E-state index contributed by atoms with van der Waals surface area (Å²) in [6.07, 6.45) is 6.35. The highest BCUT2D eigenvalue weighted by Gasteiger charge is 2.23. The van der Waals surface area contributed by atoms with Crippen LogP contribution in [-0.2, 0) is 9.53 Å². The number of methoxy groups -OCH3 is 3. The number of benzene rings is 2. The molecule has 2 aromatic rings. The zero-order valence-corrected chi connectivity index (χ0v) is 23.6. The molecule has 0 aliphatic rings. The SMILES string of the molecule is COc1ccc(C(=O)Oc2ccc(/C=C/C(=O)OCCCCCC[Si](Cl)(Cl)Cl)cc2OC)cc1OC. The summed E-state index contributed by atoms with van der Waals surface area (Å²) in [7, 11) is 4.45. The molecule has 0 atom stereocenters. The molecule has 196 valence electrons. The Morgan fingerprint density at radius 1 is 0.806 bits per heavy atom. The fraction of sp³-hybridized carbons (Fsp3) is 0.360. The second kappa shape index (κ2) is 15.0. The summed E-state index contributed by atoms with van der Waals surface area (Å²) >= 11 is 17.5. The normalized spacial score (nSPS) is 11.3. The molecular formula is C25H29Cl3O7Si. The van der Waals surface area contributed by atoms with E-state index < -0.39 is 17.9 Å². The molecular weight excluding hydrogens is 547 g/mol. The molecule has 0 aromatic heterocycles. The molecule has 0 aliphatic carbocycles. The zero-order valence-electron chi connectivity index (χ0n) is 20.4. The molecule has 2 rings (SSSR count). The number of hydrogen-bond acceptors (Lipinski definition) is 7. The van der Waals surface area contributed by atoms with Crippen molar-refractivity contribution in [2.45, 2.75) is 31.7 Å². The van der Waals surface area contributed by atoms with E-state index in [0.29, 0.717) is 35.5 Å². The minimum Gasteiger partial charge on any atom is -0.493 e. The van der Waals surface area contributed by atoms with Gasteiger partial charge in [-0.05, 0) is 54.4 Å². The Hall–Kier alpha value is -2.39. The fourth-order valence-electron chi connectivity index (χ4n) is 3.16. The second-order valence-corrected chi connectivity index (χ2v) is 16.9. The van der Waals surface area contributed by atoms with Gasteiger partial charge < -0.3 is 23.7 Å². The average molecular weight is 576 g/mol. The van der Waals surface area contributed by atoms with Crippen molar-refractivity contribution in [2.75, 3.05) is 27.9 Å². The fourth-order valence-corrected chi connectivity index (χ4v) is 5.01. The van der Waals surface area contributed by atoms with Gasteiger partial charge in [0.25, 0.3) is 0 Å². The van der Waals surface area contributed by atoms with Gasteiger partial charge in [-0.3, -0.25) is 0 Å². The molecule has 2 aromatic carbocycles. The van der Waals surface area contributed by atoms with Crippen LogP contribution in [0.1, 0.15) is 41.6 Å². The van der Waals surface area contributed by atoms with Crippen molar-refractivity contribution in [2.24, 2.45) is 0 Å². The van der Waals surface area contributed by atoms with Gasteiger partial charge in [-0.1, -0.05) is 25.3 Å². The van der Waals surface area contributed by atoms with Crippen LogP contribution in [0.25, 0.3) is 6.08 Å². The maximum absolute atomic E-state index is 12.6. The van der Waals surface area contributed by atoms with Gasteiger partial charge in [0, 0.05) is 6.08 Å². The van der Waals surface area contributed by atoms with Crippen LogP contribution >= 0.6 is 33.2 Å². The van der Waals surface area contributed by atoms with Crippen molar-refractivity contribution in [3.05, 3.63) is 53.6 Å². The molecule has 0 spiro atoms. The Balaban J connectivity index is 1.88. The summed E-state index contributed by atoms with van der Waals surface area (Å²) in [5, 5.41) is 0. The third kappa shape index (κ3) is 10.3. The predicted molar refractivity (Wildman–Crippen MR) is 144 cm³/mol. The molecule has 0 amide bonds. The molecule has 0 saturated heterocycles. The number of hydrogen-bond donors (Lipinski definition) is 0. The lowest BCUT2D eigenvalue weighted by molar-refractivity contribution is -0.137. The van der Waals surface area contributed by atoms with Gasteiger partial charge in [0.2, 0.25) is 0 Å². The third-order valence-electron chi connectivity index (χ3n) is 5.02. The molecule has 0 N–H and O–H groups in total. The lowest BCUT2D eigenvalue weighted by atomic mass is 10.1. The first kappa shape index (κ1) is 29.8. The predicted octanol–water partition coefficient (Wildman–Crippen LogP) is 6.70. The van der Waals surface area contributed by atoms with E-state index in [1.807, 2.05) is 0 Å². The van der Waals surface area contributed by atoms with Crippen molar-refractivity contribution in [1.82, 2.24) is 0 Å². The Morgan fingerprint density at radius 3 is 2.11 bits per heavy atom. The average Bonchev–Trinajstić information content (AvgIpc) is 2.86. The number of esters is 2. The molecule has 36 heavy (non-hydrogen) atoms. The van der Waals surface area contributed by atoms with Gasteiger partial charge in [-0.25, -0.2) is 9.59 Å². The lowest BCUT2D eigenvalue weighted by Crippen LogP contribution is -2.09. The van der Waals surface area contributed by atoms with Gasteiger partial charge in [0.15, 0.2) is 23.0 Å². The third-order valence-corrected chi connectivity index (χ3v) is 7.64. The van der Waals surface area contributed by atoms with Crippen molar-refractivity contribution in [3.8, 4) is 23.0 Å². The zero-order chi connectivity index (χ0) is 26.6.